The lowest BCUT2D eigenvalue weighted by Crippen LogP contribution is -2.34. The molecule has 1 fully saturated rings. The Bertz CT molecular complexity index is 979. The first-order valence-electron chi connectivity index (χ1n) is 9.65. The Morgan fingerprint density at radius 1 is 1.07 bits per heavy atom. The number of likely N-dealkylation sites (tertiary alicyclic amines) is 1. The van der Waals surface area contributed by atoms with Gasteiger partial charge in [0.15, 0.2) is 0 Å². The number of nitrogens with zero attached hydrogens (tertiary/aromatic N) is 3. The summed E-state index contributed by atoms with van der Waals surface area (Å²) in [5.41, 5.74) is 3.42. The van der Waals surface area contributed by atoms with Gasteiger partial charge in [-0.25, -0.2) is 4.98 Å². The normalized spacial score (nSPS) is 15.6. The average molecular weight is 376 g/mol. The maximum atomic E-state index is 12.2. The molecule has 1 aliphatic heterocycles. The van der Waals surface area contributed by atoms with Crippen molar-refractivity contribution in [3.05, 3.63) is 70.8 Å². The van der Waals surface area contributed by atoms with Crippen LogP contribution in [0.4, 0.5) is 0 Å². The van der Waals surface area contributed by atoms with Crippen molar-refractivity contribution >= 4 is 0 Å². The lowest BCUT2D eigenvalue weighted by atomic mass is 9.97. The third-order valence-corrected chi connectivity index (χ3v) is 5.29. The molecule has 0 radical (unpaired) electrons. The fraction of sp³-hybridized carbons (Fsp3) is 0.318. The molecule has 0 spiro atoms. The molecular weight excluding hydrogens is 352 g/mol. The van der Waals surface area contributed by atoms with Crippen LogP contribution in [0.5, 0.6) is 0 Å². The molecule has 1 aromatic carbocycles. The fourth-order valence-electron chi connectivity index (χ4n) is 3.67. The van der Waals surface area contributed by atoms with E-state index >= 15 is 0 Å². The van der Waals surface area contributed by atoms with E-state index in [0.717, 1.165) is 43.6 Å². The molecule has 1 aliphatic rings. The molecule has 0 aliphatic carbocycles. The molecule has 0 unspecified atom stereocenters. The van der Waals surface area contributed by atoms with E-state index in [0.29, 0.717) is 17.4 Å². The Morgan fingerprint density at radius 2 is 1.86 bits per heavy atom. The number of nitrogens with one attached hydrogen (secondary N) is 1. The Labute approximate surface area is 163 Å². The summed E-state index contributed by atoms with van der Waals surface area (Å²) in [4.78, 5) is 26.1. The van der Waals surface area contributed by atoms with Crippen molar-refractivity contribution in [2.24, 2.45) is 5.92 Å². The van der Waals surface area contributed by atoms with Gasteiger partial charge in [-0.05, 0) is 55.6 Å². The summed E-state index contributed by atoms with van der Waals surface area (Å²) in [5, 5.41) is 9.30. The first-order valence-corrected chi connectivity index (χ1v) is 9.65. The first-order chi connectivity index (χ1) is 13.7. The minimum Gasteiger partial charge on any atom is -0.396 e. The minimum atomic E-state index is -0.173. The van der Waals surface area contributed by atoms with Crippen LogP contribution in [0, 0.1) is 5.92 Å². The Kier molecular flexibility index (Phi) is 5.60. The third-order valence-electron chi connectivity index (χ3n) is 5.29. The molecule has 6 heteroatoms. The second kappa shape index (κ2) is 8.46. The largest absolute Gasteiger partial charge is 0.396 e. The number of benzene rings is 1. The van der Waals surface area contributed by atoms with Crippen molar-refractivity contribution < 1.29 is 5.11 Å². The lowest BCUT2D eigenvalue weighted by molar-refractivity contribution is 0.127. The van der Waals surface area contributed by atoms with Crippen molar-refractivity contribution in [2.75, 3.05) is 19.7 Å². The molecule has 2 N–H and O–H groups in total. The lowest BCUT2D eigenvalue weighted by Gasteiger charge is -2.31. The number of rotatable bonds is 5. The zero-order valence-electron chi connectivity index (χ0n) is 15.7. The van der Waals surface area contributed by atoms with E-state index < -0.39 is 0 Å². The minimum absolute atomic E-state index is 0.173. The highest BCUT2D eigenvalue weighted by molar-refractivity contribution is 5.63. The molecule has 0 saturated carbocycles. The topological polar surface area (TPSA) is 82.1 Å². The standard InChI is InChI=1S/C22H24N4O2/c27-15-16-6-10-26(11-7-16)14-17-2-1-3-19(12-17)22-24-20(13-21(28)25-22)18-4-8-23-9-5-18/h1-5,8-9,12-13,16,27H,6-7,10-11,14-15H2,(H,24,25,28). The van der Waals surface area contributed by atoms with E-state index in [1.165, 1.54) is 11.6 Å². The smallest absolute Gasteiger partial charge is 0.251 e. The predicted molar refractivity (Wildman–Crippen MR) is 109 cm³/mol. The van der Waals surface area contributed by atoms with Gasteiger partial charge in [-0.2, -0.15) is 0 Å². The number of aliphatic hydroxyl groups is 1. The highest BCUT2D eigenvalue weighted by atomic mass is 16.3. The maximum Gasteiger partial charge on any atom is 0.251 e. The van der Waals surface area contributed by atoms with Gasteiger partial charge in [0.05, 0.1) is 5.69 Å². The number of aliphatic hydroxyl groups excluding tert-OH is 1. The van der Waals surface area contributed by atoms with Gasteiger partial charge in [-0.15, -0.1) is 0 Å². The van der Waals surface area contributed by atoms with Gasteiger partial charge < -0.3 is 10.1 Å². The van der Waals surface area contributed by atoms with Gasteiger partial charge in [0.1, 0.15) is 5.82 Å². The quantitative estimate of drug-likeness (QED) is 0.715. The zero-order chi connectivity index (χ0) is 19.3. The highest BCUT2D eigenvalue weighted by Gasteiger charge is 2.18. The SMILES string of the molecule is O=c1cc(-c2ccncc2)nc(-c2cccc(CN3CCC(CO)CC3)c2)[nH]1. The summed E-state index contributed by atoms with van der Waals surface area (Å²) in [6.07, 6.45) is 5.47. The number of H-pyrrole nitrogens is 1. The van der Waals surface area contributed by atoms with E-state index in [1.54, 1.807) is 12.4 Å². The number of hydrogen-bond acceptors (Lipinski definition) is 5. The second-order valence-electron chi connectivity index (χ2n) is 7.32. The summed E-state index contributed by atoms with van der Waals surface area (Å²) < 4.78 is 0. The molecule has 28 heavy (non-hydrogen) atoms. The molecule has 144 valence electrons. The summed E-state index contributed by atoms with van der Waals surface area (Å²) in [7, 11) is 0. The number of aromatic amines is 1. The Balaban J connectivity index is 1.56. The monoisotopic (exact) mass is 376 g/mol. The molecule has 6 nitrogen and oxygen atoms in total. The third kappa shape index (κ3) is 4.35. The molecule has 3 heterocycles. The van der Waals surface area contributed by atoms with Crippen LogP contribution in [-0.4, -0.2) is 44.7 Å². The Hall–Kier alpha value is -2.83. The molecular formula is C22H24N4O2. The molecule has 1 saturated heterocycles. The Morgan fingerprint density at radius 3 is 2.61 bits per heavy atom. The van der Waals surface area contributed by atoms with Crippen LogP contribution in [0.25, 0.3) is 22.6 Å². The first kappa shape index (κ1) is 18.5. The maximum absolute atomic E-state index is 12.2. The van der Waals surface area contributed by atoms with Gasteiger partial charge in [0, 0.05) is 42.7 Å². The van der Waals surface area contributed by atoms with Crippen molar-refractivity contribution in [3.8, 4) is 22.6 Å². The van der Waals surface area contributed by atoms with Crippen LogP contribution in [-0.2, 0) is 6.54 Å². The molecule has 0 amide bonds. The van der Waals surface area contributed by atoms with Crippen LogP contribution >= 0.6 is 0 Å². The van der Waals surface area contributed by atoms with Crippen molar-refractivity contribution in [1.82, 2.24) is 19.9 Å². The van der Waals surface area contributed by atoms with Gasteiger partial charge in [-0.3, -0.25) is 14.7 Å². The number of hydrogen-bond donors (Lipinski definition) is 2. The van der Waals surface area contributed by atoms with E-state index in [4.69, 9.17) is 0 Å². The molecule has 0 bridgehead atoms. The summed E-state index contributed by atoms with van der Waals surface area (Å²) >= 11 is 0. The molecule has 4 rings (SSSR count). The summed E-state index contributed by atoms with van der Waals surface area (Å²) in [6, 6.07) is 13.4. The summed E-state index contributed by atoms with van der Waals surface area (Å²) in [6.45, 7) is 3.15. The van der Waals surface area contributed by atoms with Crippen LogP contribution in [0.3, 0.4) is 0 Å². The van der Waals surface area contributed by atoms with Crippen LogP contribution in [0.1, 0.15) is 18.4 Å². The van der Waals surface area contributed by atoms with Crippen molar-refractivity contribution in [2.45, 2.75) is 19.4 Å². The summed E-state index contributed by atoms with van der Waals surface area (Å²) in [5.74, 6) is 1.01. The van der Waals surface area contributed by atoms with Gasteiger partial charge >= 0.3 is 0 Å². The van der Waals surface area contributed by atoms with E-state index in [9.17, 15) is 9.90 Å². The van der Waals surface area contributed by atoms with Crippen LogP contribution in [0.2, 0.25) is 0 Å². The van der Waals surface area contributed by atoms with E-state index in [1.807, 2.05) is 24.3 Å². The number of piperidine rings is 1. The molecule has 3 aromatic rings. The zero-order valence-corrected chi connectivity index (χ0v) is 15.7. The number of aromatic nitrogens is 3. The van der Waals surface area contributed by atoms with Gasteiger partial charge in [0.25, 0.3) is 5.56 Å². The average Bonchev–Trinajstić information content (AvgIpc) is 2.75. The highest BCUT2D eigenvalue weighted by Crippen LogP contribution is 2.22. The molecule has 2 aromatic heterocycles. The van der Waals surface area contributed by atoms with Crippen molar-refractivity contribution in [1.29, 1.82) is 0 Å². The van der Waals surface area contributed by atoms with Crippen LogP contribution < -0.4 is 5.56 Å². The van der Waals surface area contributed by atoms with E-state index in [2.05, 4.69) is 32.0 Å². The van der Waals surface area contributed by atoms with Crippen molar-refractivity contribution in [3.63, 3.8) is 0 Å². The van der Waals surface area contributed by atoms with Gasteiger partial charge in [0.2, 0.25) is 0 Å². The number of pyridine rings is 1. The van der Waals surface area contributed by atoms with Gasteiger partial charge in [-0.1, -0.05) is 18.2 Å². The second-order valence-corrected chi connectivity index (χ2v) is 7.32. The fourth-order valence-corrected chi connectivity index (χ4v) is 3.67. The van der Waals surface area contributed by atoms with E-state index in [-0.39, 0.29) is 12.2 Å². The predicted octanol–water partition coefficient (Wildman–Crippen LogP) is 2.70. The molecule has 0 atom stereocenters. The van der Waals surface area contributed by atoms with Crippen LogP contribution in [0.15, 0.2) is 59.7 Å².